The van der Waals surface area contributed by atoms with Crippen molar-refractivity contribution < 1.29 is 0 Å². The van der Waals surface area contributed by atoms with Crippen molar-refractivity contribution in [3.63, 3.8) is 0 Å². The molecule has 2 aliphatic carbocycles. The third-order valence-corrected chi connectivity index (χ3v) is 13.9. The van der Waals surface area contributed by atoms with E-state index in [4.69, 9.17) is 4.98 Å². The van der Waals surface area contributed by atoms with Crippen LogP contribution in [0, 0.1) is 0 Å². The van der Waals surface area contributed by atoms with Crippen LogP contribution in [-0.4, -0.2) is 14.5 Å². The molecule has 1 atom stereocenters. The van der Waals surface area contributed by atoms with Gasteiger partial charge in [0.05, 0.1) is 22.1 Å². The Morgan fingerprint density at radius 2 is 0.984 bits per heavy atom. The van der Waals surface area contributed by atoms with Crippen LogP contribution in [-0.2, 0) is 5.41 Å². The van der Waals surface area contributed by atoms with Crippen LogP contribution in [0.2, 0.25) is 0 Å². The number of nitrogens with zero attached hydrogens (tertiary/aromatic N) is 3. The van der Waals surface area contributed by atoms with Crippen molar-refractivity contribution in [1.29, 1.82) is 0 Å². The first kappa shape index (κ1) is 33.7. The van der Waals surface area contributed by atoms with E-state index >= 15 is 0 Å². The van der Waals surface area contributed by atoms with Gasteiger partial charge in [0.1, 0.15) is 6.33 Å². The number of fused-ring (bicyclic) bond motifs is 16. The Hall–Kier alpha value is -8.14. The first-order valence-corrected chi connectivity index (χ1v) is 21.4. The zero-order chi connectivity index (χ0) is 40.5. The van der Waals surface area contributed by atoms with Crippen LogP contribution < -0.4 is 0 Å². The summed E-state index contributed by atoms with van der Waals surface area (Å²) < 4.78 is 2.44. The molecule has 0 bridgehead atoms. The lowest BCUT2D eigenvalue weighted by atomic mass is 9.72. The van der Waals surface area contributed by atoms with E-state index in [9.17, 15) is 0 Å². The van der Waals surface area contributed by atoms with Crippen LogP contribution in [0.15, 0.2) is 213 Å². The number of para-hydroxylation sites is 2. The highest BCUT2D eigenvalue weighted by Gasteiger charge is 2.53. The van der Waals surface area contributed by atoms with E-state index in [2.05, 4.69) is 210 Å². The molecule has 0 N–H and O–H groups in total. The zero-order valence-electron chi connectivity index (χ0n) is 33.5. The minimum Gasteiger partial charge on any atom is -0.309 e. The van der Waals surface area contributed by atoms with Gasteiger partial charge in [-0.25, -0.2) is 9.97 Å². The van der Waals surface area contributed by atoms with Gasteiger partial charge in [-0.05, 0) is 124 Å². The van der Waals surface area contributed by atoms with Crippen LogP contribution >= 0.6 is 0 Å². The van der Waals surface area contributed by atoms with Crippen molar-refractivity contribution in [2.24, 2.45) is 0 Å². The maximum atomic E-state index is 5.26. The first-order valence-electron chi connectivity index (χ1n) is 21.4. The Labute approximate surface area is 357 Å². The molecule has 12 aromatic rings. The lowest BCUT2D eigenvalue weighted by Gasteiger charge is -2.30. The molecule has 62 heavy (non-hydrogen) atoms. The summed E-state index contributed by atoms with van der Waals surface area (Å²) in [7, 11) is 0. The standard InChI is InChI=1S/C59H35N3/c1-2-17-38(18-3-1)62-54-28-13-11-21-42(54)49-32-48-40-20-10-12-27-51(40)59(53(48)33-55(49)62)52-31-37(29-30-41(52)50-34-60-35-61-58(50)59)56-44-22-6-8-24-46(44)57(47-25-9-7-23-45(47)56)43-26-14-16-36-15-4-5-19-39(36)43/h1-35H. The fraction of sp³-hybridized carbons (Fsp3) is 0.0169. The lowest BCUT2D eigenvalue weighted by molar-refractivity contribution is 0.756. The molecule has 3 nitrogen and oxygen atoms in total. The molecular weight excluding hydrogens is 751 g/mol. The fourth-order valence-corrected chi connectivity index (χ4v) is 11.5. The summed E-state index contributed by atoms with van der Waals surface area (Å²) >= 11 is 0. The maximum absolute atomic E-state index is 5.26. The van der Waals surface area contributed by atoms with E-state index < -0.39 is 5.41 Å². The van der Waals surface area contributed by atoms with E-state index in [1.54, 1.807) is 6.33 Å². The van der Waals surface area contributed by atoms with E-state index in [1.165, 1.54) is 110 Å². The SMILES string of the molecule is c1ccc(-n2c3ccccc3c3cc4c(cc32)C2(c3ccccc3-4)c3cc(-c4c5ccccc5c(-c5cccc6ccccc56)c5ccccc45)ccc3-c3cncnc32)cc1. The molecule has 14 rings (SSSR count). The second kappa shape index (κ2) is 12.4. The van der Waals surface area contributed by atoms with Gasteiger partial charge in [-0.15, -0.1) is 0 Å². The Bertz CT molecular complexity index is 3820. The van der Waals surface area contributed by atoms with Gasteiger partial charge in [0.15, 0.2) is 0 Å². The lowest BCUT2D eigenvalue weighted by Crippen LogP contribution is -2.27. The summed E-state index contributed by atoms with van der Waals surface area (Å²) in [6.45, 7) is 0. The highest BCUT2D eigenvalue weighted by Crippen LogP contribution is 2.63. The molecule has 3 heteroatoms. The third kappa shape index (κ3) is 4.29. The number of hydrogen-bond acceptors (Lipinski definition) is 2. The van der Waals surface area contributed by atoms with E-state index in [1.807, 2.05) is 6.20 Å². The first-order chi connectivity index (χ1) is 30.8. The van der Waals surface area contributed by atoms with Crippen LogP contribution in [0.3, 0.4) is 0 Å². The molecule has 2 aromatic heterocycles. The fourth-order valence-electron chi connectivity index (χ4n) is 11.5. The summed E-state index contributed by atoms with van der Waals surface area (Å²) in [6, 6.07) is 74.1. The van der Waals surface area contributed by atoms with Crippen LogP contribution in [0.25, 0.3) is 104 Å². The highest BCUT2D eigenvalue weighted by molar-refractivity contribution is 6.24. The second-order valence-corrected chi connectivity index (χ2v) is 16.8. The molecule has 0 amide bonds. The molecular formula is C59H35N3. The van der Waals surface area contributed by atoms with Crippen molar-refractivity contribution >= 4 is 54.1 Å². The van der Waals surface area contributed by atoms with Crippen LogP contribution in [0.1, 0.15) is 22.4 Å². The average molecular weight is 786 g/mol. The number of aromatic nitrogens is 3. The van der Waals surface area contributed by atoms with Crippen molar-refractivity contribution in [2.75, 3.05) is 0 Å². The number of rotatable bonds is 3. The van der Waals surface area contributed by atoms with E-state index in [0.717, 1.165) is 16.9 Å². The van der Waals surface area contributed by atoms with E-state index in [-0.39, 0.29) is 0 Å². The Balaban J connectivity index is 1.09. The van der Waals surface area contributed by atoms with Gasteiger partial charge in [-0.1, -0.05) is 164 Å². The molecule has 0 fully saturated rings. The Morgan fingerprint density at radius 1 is 0.371 bits per heavy atom. The van der Waals surface area contributed by atoms with E-state index in [0.29, 0.717) is 0 Å². The molecule has 0 saturated heterocycles. The molecule has 1 unspecified atom stereocenters. The second-order valence-electron chi connectivity index (χ2n) is 16.8. The maximum Gasteiger partial charge on any atom is 0.115 e. The van der Waals surface area contributed by atoms with Crippen LogP contribution in [0.5, 0.6) is 0 Å². The topological polar surface area (TPSA) is 30.7 Å². The van der Waals surface area contributed by atoms with Crippen molar-refractivity contribution in [3.05, 3.63) is 235 Å². The summed E-state index contributed by atoms with van der Waals surface area (Å²) in [4.78, 5) is 9.93. The molecule has 0 radical (unpaired) electrons. The van der Waals surface area contributed by atoms with Gasteiger partial charge in [-0.3, -0.25) is 0 Å². The van der Waals surface area contributed by atoms with Crippen molar-refractivity contribution in [1.82, 2.24) is 14.5 Å². The van der Waals surface area contributed by atoms with Crippen molar-refractivity contribution in [2.45, 2.75) is 5.41 Å². The predicted molar refractivity (Wildman–Crippen MR) is 256 cm³/mol. The van der Waals surface area contributed by atoms with Gasteiger partial charge in [-0.2, -0.15) is 0 Å². The smallest absolute Gasteiger partial charge is 0.115 e. The monoisotopic (exact) mass is 785 g/mol. The van der Waals surface area contributed by atoms with Crippen LogP contribution in [0.4, 0.5) is 0 Å². The largest absolute Gasteiger partial charge is 0.309 e. The number of benzene rings is 10. The molecule has 2 heterocycles. The van der Waals surface area contributed by atoms with Crippen molar-refractivity contribution in [3.8, 4) is 50.2 Å². The summed E-state index contributed by atoms with van der Waals surface area (Å²) in [5, 5.41) is 9.95. The average Bonchev–Trinajstić information content (AvgIpc) is 3.93. The van der Waals surface area contributed by atoms with Gasteiger partial charge in [0.25, 0.3) is 0 Å². The van der Waals surface area contributed by atoms with Gasteiger partial charge in [0.2, 0.25) is 0 Å². The molecule has 0 saturated carbocycles. The molecule has 0 aliphatic heterocycles. The Kier molecular flexibility index (Phi) is 6.76. The normalized spacial score (nSPS) is 14.8. The van der Waals surface area contributed by atoms with Gasteiger partial charge in [0, 0.05) is 28.2 Å². The predicted octanol–water partition coefficient (Wildman–Crippen LogP) is 14.7. The highest BCUT2D eigenvalue weighted by atomic mass is 15.0. The molecule has 2 aliphatic rings. The minimum atomic E-state index is -0.670. The quantitative estimate of drug-likeness (QED) is 0.167. The Morgan fingerprint density at radius 3 is 1.79 bits per heavy atom. The molecule has 1 spiro atoms. The summed E-state index contributed by atoms with van der Waals surface area (Å²) in [5.74, 6) is 0. The summed E-state index contributed by atoms with van der Waals surface area (Å²) in [6.07, 6.45) is 3.76. The summed E-state index contributed by atoms with van der Waals surface area (Å²) in [5.41, 5.74) is 17.4. The van der Waals surface area contributed by atoms with Gasteiger partial charge < -0.3 is 4.57 Å². The zero-order valence-corrected chi connectivity index (χ0v) is 33.5. The van der Waals surface area contributed by atoms with Gasteiger partial charge >= 0.3 is 0 Å². The minimum absolute atomic E-state index is 0.670. The number of hydrogen-bond donors (Lipinski definition) is 0. The molecule has 10 aromatic carbocycles. The molecule has 286 valence electrons. The third-order valence-electron chi connectivity index (χ3n) is 13.9.